The largest absolute Gasteiger partial charge is 0.507 e. The maximum atomic E-state index is 13.4. The van der Waals surface area contributed by atoms with Crippen LogP contribution in [0.25, 0.3) is 11.1 Å². The Morgan fingerprint density at radius 3 is 2.58 bits per heavy atom. The van der Waals surface area contributed by atoms with Crippen molar-refractivity contribution in [3.8, 4) is 16.9 Å². The third-order valence-corrected chi connectivity index (χ3v) is 2.93. The highest BCUT2D eigenvalue weighted by atomic mass is 31.0. The fourth-order valence-electron chi connectivity index (χ4n) is 1.70. The molecule has 0 saturated heterocycles. The van der Waals surface area contributed by atoms with Gasteiger partial charge in [0.15, 0.2) is 6.29 Å². The summed E-state index contributed by atoms with van der Waals surface area (Å²) in [7, 11) is 1.34. The number of aromatic hydroxyl groups is 1. The number of halogens is 2. The first-order valence-corrected chi connectivity index (χ1v) is 5.91. The molecule has 0 aliphatic carbocycles. The fraction of sp³-hybridized carbons (Fsp3) is 0.0769. The number of hydrogen-bond donors (Lipinski definition) is 1. The van der Waals surface area contributed by atoms with Crippen molar-refractivity contribution in [2.24, 2.45) is 0 Å². The Morgan fingerprint density at radius 2 is 2.05 bits per heavy atom. The monoisotopic (exact) mass is 281 g/mol. The van der Waals surface area contributed by atoms with Gasteiger partial charge < -0.3 is 5.11 Å². The van der Waals surface area contributed by atoms with Crippen LogP contribution in [0.1, 0.15) is 15.9 Å². The Balaban J connectivity index is 2.68. The second-order valence-electron chi connectivity index (χ2n) is 3.94. The van der Waals surface area contributed by atoms with Crippen molar-refractivity contribution in [2.75, 3.05) is 0 Å². The predicted octanol–water partition coefficient (Wildman–Crippen LogP) is 3.19. The Bertz CT molecular complexity index is 612. The molecule has 0 spiro atoms. The fourth-order valence-corrected chi connectivity index (χ4v) is 1.92. The number of rotatable bonds is 3. The van der Waals surface area contributed by atoms with E-state index >= 15 is 0 Å². The molecule has 19 heavy (non-hydrogen) atoms. The minimum Gasteiger partial charge on any atom is -0.507 e. The Hall–Kier alpha value is -1.87. The minimum atomic E-state index is -3.32. The molecule has 2 aromatic rings. The normalized spacial score (nSPS) is 11.3. The molecule has 0 aliphatic rings. The van der Waals surface area contributed by atoms with Crippen LogP contribution in [0.5, 0.6) is 5.75 Å². The minimum absolute atomic E-state index is 0.182. The van der Waals surface area contributed by atoms with E-state index in [1.165, 1.54) is 21.5 Å². The molecule has 1 atom stereocenters. The van der Waals surface area contributed by atoms with Crippen molar-refractivity contribution < 1.29 is 18.7 Å². The second kappa shape index (κ2) is 5.02. The summed E-state index contributed by atoms with van der Waals surface area (Å²) in [6.07, 6.45) is 3.39. The highest BCUT2D eigenvalue weighted by Crippen LogP contribution is 2.43. The van der Waals surface area contributed by atoms with E-state index in [4.69, 9.17) is 0 Å². The molecule has 3 nitrogen and oxygen atoms in total. The van der Waals surface area contributed by atoms with E-state index in [1.807, 2.05) is 0 Å². The maximum absolute atomic E-state index is 13.4. The van der Waals surface area contributed by atoms with Gasteiger partial charge in [0.05, 0.1) is 11.1 Å². The van der Waals surface area contributed by atoms with E-state index in [0.717, 1.165) is 6.07 Å². The van der Waals surface area contributed by atoms with Crippen LogP contribution in [0.2, 0.25) is 0 Å². The highest BCUT2D eigenvalue weighted by molar-refractivity contribution is 7.17. The number of carbonyl (C=O) groups is 1. The summed E-state index contributed by atoms with van der Waals surface area (Å²) in [6, 6.07) is 5.82. The van der Waals surface area contributed by atoms with Crippen LogP contribution >= 0.6 is 9.24 Å². The van der Waals surface area contributed by atoms with Crippen molar-refractivity contribution in [3.05, 3.63) is 47.8 Å². The van der Waals surface area contributed by atoms with Gasteiger partial charge in [-0.25, -0.2) is 0 Å². The zero-order valence-corrected chi connectivity index (χ0v) is 10.8. The predicted molar refractivity (Wildman–Crippen MR) is 70.3 cm³/mol. The van der Waals surface area contributed by atoms with Crippen LogP contribution in [0.15, 0.2) is 36.7 Å². The van der Waals surface area contributed by atoms with E-state index in [9.17, 15) is 18.7 Å². The van der Waals surface area contributed by atoms with Crippen molar-refractivity contribution in [3.63, 3.8) is 0 Å². The van der Waals surface area contributed by atoms with Gasteiger partial charge in [0.2, 0.25) is 0 Å². The van der Waals surface area contributed by atoms with Gasteiger partial charge in [-0.3, -0.25) is 9.78 Å². The number of hydrogen-bond acceptors (Lipinski definition) is 3. The molecular formula is C13H10F2NO2P. The number of phenols is 1. The summed E-state index contributed by atoms with van der Waals surface area (Å²) in [5, 5.41) is 9.66. The number of pyridine rings is 1. The maximum Gasteiger partial charge on any atom is 0.287 e. The molecule has 98 valence electrons. The molecule has 0 radical (unpaired) electrons. The molecule has 1 aromatic heterocycles. The number of alkyl halides is 2. The molecule has 1 unspecified atom stereocenters. The van der Waals surface area contributed by atoms with E-state index in [0.29, 0.717) is 17.4 Å². The Kier molecular flexibility index (Phi) is 3.58. The van der Waals surface area contributed by atoms with Gasteiger partial charge in [0.25, 0.3) is 5.66 Å². The van der Waals surface area contributed by atoms with Gasteiger partial charge in [-0.2, -0.15) is 8.78 Å². The van der Waals surface area contributed by atoms with Gasteiger partial charge in [-0.15, -0.1) is 0 Å². The van der Waals surface area contributed by atoms with Crippen LogP contribution in [0, 0.1) is 0 Å². The van der Waals surface area contributed by atoms with Gasteiger partial charge in [0.1, 0.15) is 5.75 Å². The van der Waals surface area contributed by atoms with Crippen molar-refractivity contribution in [1.29, 1.82) is 0 Å². The van der Waals surface area contributed by atoms with Crippen LogP contribution in [0.4, 0.5) is 8.78 Å². The summed E-state index contributed by atoms with van der Waals surface area (Å²) in [6.45, 7) is 0. The molecule has 6 heteroatoms. The highest BCUT2D eigenvalue weighted by Gasteiger charge is 2.30. The zero-order chi connectivity index (χ0) is 14.0. The number of aldehydes is 1. The number of phenolic OH excluding ortho intramolecular Hbond substituents is 1. The molecule has 1 aromatic carbocycles. The lowest BCUT2D eigenvalue weighted by molar-refractivity contribution is 0.100. The quantitative estimate of drug-likeness (QED) is 0.694. The summed E-state index contributed by atoms with van der Waals surface area (Å²) in [5.74, 6) is -0.706. The third-order valence-electron chi connectivity index (χ3n) is 2.62. The molecule has 0 aliphatic heterocycles. The lowest BCUT2D eigenvalue weighted by atomic mass is 10.00. The summed E-state index contributed by atoms with van der Waals surface area (Å²) in [5.41, 5.74) is -3.13. The van der Waals surface area contributed by atoms with Gasteiger partial charge in [-0.1, -0.05) is 15.3 Å². The summed E-state index contributed by atoms with van der Waals surface area (Å²) >= 11 is 0. The number of aromatic nitrogens is 1. The average Bonchev–Trinajstić information content (AvgIpc) is 2.38. The van der Waals surface area contributed by atoms with Crippen molar-refractivity contribution >= 4 is 15.5 Å². The zero-order valence-electron chi connectivity index (χ0n) is 9.68. The number of nitrogens with zero attached hydrogens (tertiary/aromatic N) is 1. The van der Waals surface area contributed by atoms with Gasteiger partial charge >= 0.3 is 0 Å². The number of benzene rings is 1. The average molecular weight is 281 g/mol. The first-order chi connectivity index (χ1) is 8.93. The summed E-state index contributed by atoms with van der Waals surface area (Å²) < 4.78 is 26.8. The first kappa shape index (κ1) is 13.6. The first-order valence-electron chi connectivity index (χ1n) is 5.33. The SMILES string of the molecule is O=Cc1cc(-c2cccnc2)cc(C(F)(F)P)c1O. The lowest BCUT2D eigenvalue weighted by Gasteiger charge is -2.15. The van der Waals surface area contributed by atoms with Crippen molar-refractivity contribution in [2.45, 2.75) is 5.66 Å². The molecule has 1 heterocycles. The van der Waals surface area contributed by atoms with Crippen molar-refractivity contribution in [1.82, 2.24) is 4.98 Å². The Morgan fingerprint density at radius 1 is 1.32 bits per heavy atom. The van der Waals surface area contributed by atoms with Crippen LogP contribution in [-0.4, -0.2) is 16.4 Å². The van der Waals surface area contributed by atoms with Gasteiger partial charge in [-0.05, 0) is 23.8 Å². The molecule has 0 amide bonds. The van der Waals surface area contributed by atoms with Gasteiger partial charge in [0, 0.05) is 18.0 Å². The third kappa shape index (κ3) is 2.76. The standard InChI is InChI=1S/C13H10F2NO2P/c14-13(15,19)11-5-9(4-10(7-17)12(11)18)8-2-1-3-16-6-8/h1-7,18H,19H2. The molecule has 0 bridgehead atoms. The van der Waals surface area contributed by atoms with E-state index in [1.54, 1.807) is 18.3 Å². The molecule has 0 fully saturated rings. The Labute approximate surface area is 110 Å². The topological polar surface area (TPSA) is 50.2 Å². The molecule has 1 N–H and O–H groups in total. The molecule has 0 saturated carbocycles. The van der Waals surface area contributed by atoms with Crippen LogP contribution in [0.3, 0.4) is 0 Å². The van der Waals surface area contributed by atoms with E-state index < -0.39 is 17.0 Å². The molecular weight excluding hydrogens is 271 g/mol. The van der Waals surface area contributed by atoms with Crippen LogP contribution < -0.4 is 0 Å². The van der Waals surface area contributed by atoms with E-state index in [-0.39, 0.29) is 5.56 Å². The van der Waals surface area contributed by atoms with Crippen LogP contribution in [-0.2, 0) is 5.66 Å². The number of carbonyl (C=O) groups excluding carboxylic acids is 1. The second-order valence-corrected chi connectivity index (χ2v) is 4.67. The van der Waals surface area contributed by atoms with E-state index in [2.05, 4.69) is 4.98 Å². The smallest absolute Gasteiger partial charge is 0.287 e. The lowest BCUT2D eigenvalue weighted by Crippen LogP contribution is -2.05. The summed E-state index contributed by atoms with van der Waals surface area (Å²) in [4.78, 5) is 14.8. The molecule has 2 rings (SSSR count).